The molecular formula is C14H19N5O4S. The number of aromatic nitrogens is 3. The molecule has 2 aromatic rings. The number of carbonyl (C=O) groups is 1. The Labute approximate surface area is 139 Å². The fourth-order valence-electron chi connectivity index (χ4n) is 2.17. The van der Waals surface area contributed by atoms with Gasteiger partial charge in [-0.15, -0.1) is 0 Å². The van der Waals surface area contributed by atoms with Crippen LogP contribution in [0.15, 0.2) is 40.3 Å². The molecule has 9 nitrogen and oxygen atoms in total. The van der Waals surface area contributed by atoms with E-state index < -0.39 is 21.5 Å². The minimum atomic E-state index is -3.70. The summed E-state index contributed by atoms with van der Waals surface area (Å²) in [5.41, 5.74) is -0.465. The van der Waals surface area contributed by atoms with Crippen LogP contribution in [0.1, 0.15) is 13.8 Å². The molecule has 0 unspecified atom stereocenters. The summed E-state index contributed by atoms with van der Waals surface area (Å²) in [7, 11) is -3.70. The van der Waals surface area contributed by atoms with Crippen LogP contribution in [0, 0.1) is 0 Å². The third-order valence-electron chi connectivity index (χ3n) is 3.39. The van der Waals surface area contributed by atoms with Crippen molar-refractivity contribution in [1.29, 1.82) is 0 Å². The van der Waals surface area contributed by atoms with Crippen molar-refractivity contribution in [2.75, 3.05) is 18.4 Å². The second kappa shape index (κ2) is 7.41. The Kier molecular flexibility index (Phi) is 5.52. The van der Waals surface area contributed by atoms with Crippen molar-refractivity contribution in [3.8, 4) is 0 Å². The Hall–Kier alpha value is -2.46. The molecule has 0 aliphatic carbocycles. The lowest BCUT2D eigenvalue weighted by atomic mass is 10.4. The first-order valence-corrected chi connectivity index (χ1v) is 8.82. The number of rotatable bonds is 7. The fraction of sp³-hybridized carbons (Fsp3) is 0.357. The maximum Gasteiger partial charge on any atom is 0.251 e. The summed E-state index contributed by atoms with van der Waals surface area (Å²) in [5, 5.41) is 8.78. The predicted molar refractivity (Wildman–Crippen MR) is 88.0 cm³/mol. The topological polar surface area (TPSA) is 117 Å². The first-order chi connectivity index (χ1) is 11.4. The van der Waals surface area contributed by atoms with Crippen LogP contribution in [0.3, 0.4) is 0 Å². The summed E-state index contributed by atoms with van der Waals surface area (Å²) < 4.78 is 27.3. The molecule has 2 heterocycles. The number of carbonyl (C=O) groups excluding carboxylic acids is 1. The molecule has 0 aliphatic heterocycles. The second-order valence-corrected chi connectivity index (χ2v) is 6.88. The number of hydrogen-bond acceptors (Lipinski definition) is 5. The smallest absolute Gasteiger partial charge is 0.251 e. The average Bonchev–Trinajstić information content (AvgIpc) is 3.03. The molecule has 0 aromatic carbocycles. The van der Waals surface area contributed by atoms with Gasteiger partial charge in [0, 0.05) is 31.4 Å². The van der Waals surface area contributed by atoms with Crippen LogP contribution in [0.2, 0.25) is 0 Å². The fourth-order valence-corrected chi connectivity index (χ4v) is 3.65. The van der Waals surface area contributed by atoms with Gasteiger partial charge in [-0.3, -0.25) is 14.7 Å². The van der Waals surface area contributed by atoms with Crippen LogP contribution in [0.5, 0.6) is 0 Å². The molecular weight excluding hydrogens is 334 g/mol. The van der Waals surface area contributed by atoms with Gasteiger partial charge in [-0.2, -0.15) is 9.40 Å². The summed E-state index contributed by atoms with van der Waals surface area (Å²) in [5.74, 6) is -0.0845. The lowest BCUT2D eigenvalue weighted by Gasteiger charge is -2.18. The van der Waals surface area contributed by atoms with Crippen molar-refractivity contribution in [3.05, 3.63) is 40.9 Å². The highest BCUT2D eigenvalue weighted by molar-refractivity contribution is 7.89. The third-order valence-corrected chi connectivity index (χ3v) is 5.42. The number of pyridine rings is 1. The minimum Gasteiger partial charge on any atom is -0.310 e. The van der Waals surface area contributed by atoms with Gasteiger partial charge < -0.3 is 9.88 Å². The Balaban J connectivity index is 2.25. The number of hydrogen-bond donors (Lipinski definition) is 2. The molecule has 2 aromatic heterocycles. The lowest BCUT2D eigenvalue weighted by Crippen LogP contribution is -2.33. The largest absolute Gasteiger partial charge is 0.310 e. The van der Waals surface area contributed by atoms with E-state index in [0.717, 1.165) is 10.6 Å². The highest BCUT2D eigenvalue weighted by Crippen LogP contribution is 2.13. The van der Waals surface area contributed by atoms with Crippen LogP contribution in [-0.4, -0.2) is 46.5 Å². The number of amides is 1. The lowest BCUT2D eigenvalue weighted by molar-refractivity contribution is -0.116. The molecule has 0 saturated heterocycles. The number of H-pyrrole nitrogens is 1. The monoisotopic (exact) mass is 353 g/mol. The van der Waals surface area contributed by atoms with Crippen LogP contribution in [0.4, 0.5) is 5.82 Å². The van der Waals surface area contributed by atoms with Crippen LogP contribution in [0.25, 0.3) is 0 Å². The third kappa shape index (κ3) is 3.89. The van der Waals surface area contributed by atoms with Gasteiger partial charge >= 0.3 is 0 Å². The van der Waals surface area contributed by atoms with E-state index in [2.05, 4.69) is 15.5 Å². The SMILES string of the molecule is CCN(CC)S(=O)(=O)c1ccc(=O)n(CC(=O)Nc2ccn[nH]2)c1. The van der Waals surface area contributed by atoms with Gasteiger partial charge in [0.05, 0.1) is 11.1 Å². The zero-order chi connectivity index (χ0) is 17.7. The molecule has 2 N–H and O–H groups in total. The first kappa shape index (κ1) is 17.9. The zero-order valence-corrected chi connectivity index (χ0v) is 14.2. The van der Waals surface area contributed by atoms with E-state index in [1.165, 1.54) is 22.8 Å². The summed E-state index contributed by atoms with van der Waals surface area (Å²) >= 11 is 0. The molecule has 0 fully saturated rings. The molecule has 2 rings (SSSR count). The Bertz CT molecular complexity index is 854. The molecule has 0 radical (unpaired) electrons. The molecule has 0 atom stereocenters. The highest BCUT2D eigenvalue weighted by atomic mass is 32.2. The Morgan fingerprint density at radius 3 is 2.58 bits per heavy atom. The number of anilines is 1. The molecule has 0 bridgehead atoms. The van der Waals surface area contributed by atoms with Gasteiger partial charge in [-0.1, -0.05) is 13.8 Å². The number of nitrogens with one attached hydrogen (secondary N) is 2. The second-order valence-electron chi connectivity index (χ2n) is 4.94. The van der Waals surface area contributed by atoms with Gasteiger partial charge in [-0.05, 0) is 6.07 Å². The molecule has 130 valence electrons. The molecule has 0 saturated carbocycles. The van der Waals surface area contributed by atoms with Crippen LogP contribution < -0.4 is 10.9 Å². The molecule has 0 spiro atoms. The van der Waals surface area contributed by atoms with Crippen molar-refractivity contribution >= 4 is 21.7 Å². The van der Waals surface area contributed by atoms with E-state index in [-0.39, 0.29) is 11.4 Å². The van der Waals surface area contributed by atoms with E-state index in [1.807, 2.05) is 0 Å². The van der Waals surface area contributed by atoms with Crippen LogP contribution >= 0.6 is 0 Å². The van der Waals surface area contributed by atoms with Crippen molar-refractivity contribution in [2.24, 2.45) is 0 Å². The highest BCUT2D eigenvalue weighted by Gasteiger charge is 2.22. The van der Waals surface area contributed by atoms with Gasteiger partial charge in [0.2, 0.25) is 15.9 Å². The van der Waals surface area contributed by atoms with Gasteiger partial charge in [0.25, 0.3) is 5.56 Å². The van der Waals surface area contributed by atoms with Crippen molar-refractivity contribution < 1.29 is 13.2 Å². The number of nitrogens with zero attached hydrogens (tertiary/aromatic N) is 3. The Morgan fingerprint density at radius 1 is 1.29 bits per heavy atom. The van der Waals surface area contributed by atoms with E-state index in [0.29, 0.717) is 18.9 Å². The summed E-state index contributed by atoms with van der Waals surface area (Å²) in [6, 6.07) is 3.95. The first-order valence-electron chi connectivity index (χ1n) is 7.38. The average molecular weight is 353 g/mol. The van der Waals surface area contributed by atoms with Crippen molar-refractivity contribution in [1.82, 2.24) is 19.1 Å². The van der Waals surface area contributed by atoms with E-state index in [9.17, 15) is 18.0 Å². The summed E-state index contributed by atoms with van der Waals surface area (Å²) in [6.45, 7) is 3.79. The van der Waals surface area contributed by atoms with E-state index in [1.54, 1.807) is 19.9 Å². The number of aromatic amines is 1. The van der Waals surface area contributed by atoms with Gasteiger partial charge in [0.1, 0.15) is 12.4 Å². The number of sulfonamides is 1. The summed E-state index contributed by atoms with van der Waals surface area (Å²) in [6.07, 6.45) is 2.65. The standard InChI is InChI=1S/C14H19N5O4S/c1-3-19(4-2)24(22,23)11-5-6-14(21)18(9-11)10-13(20)16-12-7-8-15-17-12/h5-9H,3-4,10H2,1-2H3,(H2,15,16,17,20). The zero-order valence-electron chi connectivity index (χ0n) is 13.4. The van der Waals surface area contributed by atoms with Crippen molar-refractivity contribution in [2.45, 2.75) is 25.3 Å². The maximum absolute atomic E-state index is 12.5. The van der Waals surface area contributed by atoms with E-state index in [4.69, 9.17) is 0 Å². The predicted octanol–water partition coefficient (Wildman–Crippen LogP) is 0.241. The van der Waals surface area contributed by atoms with Crippen LogP contribution in [-0.2, 0) is 21.4 Å². The van der Waals surface area contributed by atoms with E-state index >= 15 is 0 Å². The molecule has 1 amide bonds. The quantitative estimate of drug-likeness (QED) is 0.739. The van der Waals surface area contributed by atoms with Gasteiger partial charge in [-0.25, -0.2) is 8.42 Å². The maximum atomic E-state index is 12.5. The molecule has 0 aliphatic rings. The summed E-state index contributed by atoms with van der Waals surface area (Å²) in [4.78, 5) is 23.8. The van der Waals surface area contributed by atoms with Crippen molar-refractivity contribution in [3.63, 3.8) is 0 Å². The molecule has 10 heteroatoms. The molecule has 24 heavy (non-hydrogen) atoms. The normalized spacial score (nSPS) is 11.6. The minimum absolute atomic E-state index is 0.0276. The Morgan fingerprint density at radius 2 is 2.00 bits per heavy atom. The van der Waals surface area contributed by atoms with Gasteiger partial charge in [0.15, 0.2) is 0 Å².